The number of amides is 2. The highest BCUT2D eigenvalue weighted by atomic mass is 35.5. The Labute approximate surface area is 147 Å². The maximum atomic E-state index is 12.9. The molecule has 0 aliphatic carbocycles. The van der Waals surface area contributed by atoms with E-state index in [4.69, 9.17) is 11.6 Å². The van der Waals surface area contributed by atoms with E-state index in [0.29, 0.717) is 10.6 Å². The Morgan fingerprint density at radius 2 is 1.60 bits per heavy atom. The second-order valence-corrected chi connectivity index (χ2v) is 5.54. The summed E-state index contributed by atoms with van der Waals surface area (Å²) in [6, 6.07) is 11.4. The van der Waals surface area contributed by atoms with Crippen LogP contribution < -0.4 is 10.6 Å². The van der Waals surface area contributed by atoms with E-state index in [0.717, 1.165) is 12.1 Å². The largest absolute Gasteiger partial charge is 0.418 e. The van der Waals surface area contributed by atoms with Gasteiger partial charge in [0.1, 0.15) is 6.42 Å². The number of anilines is 1. The minimum Gasteiger partial charge on any atom is -0.352 e. The van der Waals surface area contributed by atoms with Crippen molar-refractivity contribution in [2.45, 2.75) is 19.1 Å². The van der Waals surface area contributed by atoms with E-state index < -0.39 is 30.0 Å². The van der Waals surface area contributed by atoms with E-state index in [1.807, 2.05) is 0 Å². The fourth-order valence-electron chi connectivity index (χ4n) is 2.08. The lowest BCUT2D eigenvalue weighted by atomic mass is 10.1. The number of rotatable bonds is 5. The van der Waals surface area contributed by atoms with E-state index in [9.17, 15) is 22.8 Å². The lowest BCUT2D eigenvalue weighted by Gasteiger charge is -2.13. The third-order valence-corrected chi connectivity index (χ3v) is 3.63. The maximum Gasteiger partial charge on any atom is 0.418 e. The molecule has 2 N–H and O–H groups in total. The Kier molecular flexibility index (Phi) is 6.03. The molecule has 0 aliphatic rings. The number of benzene rings is 2. The van der Waals surface area contributed by atoms with Gasteiger partial charge >= 0.3 is 6.18 Å². The average Bonchev–Trinajstić information content (AvgIpc) is 2.53. The molecule has 2 amide bonds. The predicted molar refractivity (Wildman–Crippen MR) is 88.0 cm³/mol. The van der Waals surface area contributed by atoms with Gasteiger partial charge in [0.05, 0.1) is 11.3 Å². The van der Waals surface area contributed by atoms with Crippen molar-refractivity contribution in [3.63, 3.8) is 0 Å². The molecule has 0 radical (unpaired) electrons. The zero-order chi connectivity index (χ0) is 18.4. The molecule has 2 aromatic carbocycles. The Hall–Kier alpha value is -2.54. The van der Waals surface area contributed by atoms with Crippen molar-refractivity contribution >= 4 is 29.1 Å². The lowest BCUT2D eigenvalue weighted by Crippen LogP contribution is -2.28. The van der Waals surface area contributed by atoms with Crippen molar-refractivity contribution in [2.24, 2.45) is 0 Å². The predicted octanol–water partition coefficient (Wildman–Crippen LogP) is 4.00. The molecule has 0 saturated carbocycles. The summed E-state index contributed by atoms with van der Waals surface area (Å²) in [6.45, 7) is 0.116. The zero-order valence-electron chi connectivity index (χ0n) is 12.9. The van der Waals surface area contributed by atoms with Crippen LogP contribution in [0.25, 0.3) is 0 Å². The van der Waals surface area contributed by atoms with Crippen LogP contribution in [0.15, 0.2) is 48.5 Å². The van der Waals surface area contributed by atoms with Crippen molar-refractivity contribution in [2.75, 3.05) is 5.32 Å². The third-order valence-electron chi connectivity index (χ3n) is 3.26. The minimum absolute atomic E-state index is 0.116. The zero-order valence-corrected chi connectivity index (χ0v) is 13.6. The Morgan fingerprint density at radius 1 is 0.960 bits per heavy atom. The maximum absolute atomic E-state index is 12.9. The lowest BCUT2D eigenvalue weighted by molar-refractivity contribution is -0.137. The first-order valence-corrected chi connectivity index (χ1v) is 7.61. The SMILES string of the molecule is O=C(CC(=O)Nc1ccccc1C(F)(F)F)NCc1ccccc1Cl. The summed E-state index contributed by atoms with van der Waals surface area (Å²) in [5, 5.41) is 5.07. The van der Waals surface area contributed by atoms with Gasteiger partial charge in [0, 0.05) is 11.6 Å². The van der Waals surface area contributed by atoms with Gasteiger partial charge in [0.15, 0.2) is 0 Å². The van der Waals surface area contributed by atoms with Crippen molar-refractivity contribution in [3.05, 3.63) is 64.7 Å². The molecule has 0 fully saturated rings. The van der Waals surface area contributed by atoms with E-state index >= 15 is 0 Å². The van der Waals surface area contributed by atoms with Gasteiger partial charge < -0.3 is 10.6 Å². The quantitative estimate of drug-likeness (QED) is 0.781. The molecule has 0 unspecified atom stereocenters. The number of nitrogens with one attached hydrogen (secondary N) is 2. The first-order chi connectivity index (χ1) is 11.8. The van der Waals surface area contributed by atoms with E-state index in [-0.39, 0.29) is 12.2 Å². The monoisotopic (exact) mass is 370 g/mol. The number of para-hydroxylation sites is 1. The summed E-state index contributed by atoms with van der Waals surface area (Å²) < 4.78 is 38.6. The van der Waals surface area contributed by atoms with Gasteiger partial charge in [0.25, 0.3) is 0 Å². The van der Waals surface area contributed by atoms with Crippen LogP contribution in [0.4, 0.5) is 18.9 Å². The van der Waals surface area contributed by atoms with Crippen LogP contribution in [0, 0.1) is 0 Å². The Morgan fingerprint density at radius 3 is 2.28 bits per heavy atom. The van der Waals surface area contributed by atoms with Crippen LogP contribution in [-0.4, -0.2) is 11.8 Å². The molecular formula is C17H14ClF3N2O2. The molecule has 0 aromatic heterocycles. The van der Waals surface area contributed by atoms with Crippen LogP contribution in [0.1, 0.15) is 17.5 Å². The Balaban J connectivity index is 1.92. The van der Waals surface area contributed by atoms with Crippen LogP contribution in [-0.2, 0) is 22.3 Å². The van der Waals surface area contributed by atoms with Gasteiger partial charge in [-0.2, -0.15) is 13.2 Å². The molecule has 8 heteroatoms. The summed E-state index contributed by atoms with van der Waals surface area (Å²) in [5.74, 6) is -1.46. The molecule has 2 rings (SSSR count). The molecule has 0 spiro atoms. The number of alkyl halides is 3. The highest BCUT2D eigenvalue weighted by molar-refractivity contribution is 6.31. The van der Waals surface area contributed by atoms with Gasteiger partial charge in [-0.05, 0) is 23.8 Å². The summed E-state index contributed by atoms with van der Waals surface area (Å²) in [5.41, 5.74) is -0.695. The first-order valence-electron chi connectivity index (χ1n) is 7.23. The van der Waals surface area contributed by atoms with Crippen molar-refractivity contribution in [3.8, 4) is 0 Å². The number of halogens is 4. The standard InChI is InChI=1S/C17H14ClF3N2O2/c18-13-7-3-1-5-11(13)10-22-15(24)9-16(25)23-14-8-4-2-6-12(14)17(19,20)21/h1-8H,9-10H2,(H,22,24)(H,23,25). The molecular weight excluding hydrogens is 357 g/mol. The number of hydrogen-bond acceptors (Lipinski definition) is 2. The second kappa shape index (κ2) is 8.02. The van der Waals surface area contributed by atoms with Gasteiger partial charge in [-0.25, -0.2) is 0 Å². The molecule has 0 aliphatic heterocycles. The number of carbonyl (C=O) groups is 2. The molecule has 0 saturated heterocycles. The van der Waals surface area contributed by atoms with E-state index in [2.05, 4.69) is 10.6 Å². The van der Waals surface area contributed by atoms with Gasteiger partial charge in [-0.3, -0.25) is 9.59 Å². The summed E-state index contributed by atoms with van der Waals surface area (Å²) in [4.78, 5) is 23.6. The average molecular weight is 371 g/mol. The molecule has 0 bridgehead atoms. The fourth-order valence-corrected chi connectivity index (χ4v) is 2.28. The Bertz CT molecular complexity index is 778. The second-order valence-electron chi connectivity index (χ2n) is 5.14. The third kappa shape index (κ3) is 5.49. The number of carbonyl (C=O) groups excluding carboxylic acids is 2. The molecule has 0 heterocycles. The van der Waals surface area contributed by atoms with Gasteiger partial charge in [0.2, 0.25) is 11.8 Å². The van der Waals surface area contributed by atoms with Gasteiger partial charge in [-0.1, -0.05) is 41.9 Å². The smallest absolute Gasteiger partial charge is 0.352 e. The highest BCUT2D eigenvalue weighted by Gasteiger charge is 2.33. The molecule has 2 aromatic rings. The van der Waals surface area contributed by atoms with Crippen LogP contribution in [0.2, 0.25) is 5.02 Å². The van der Waals surface area contributed by atoms with Crippen molar-refractivity contribution < 1.29 is 22.8 Å². The molecule has 132 valence electrons. The molecule has 0 atom stereocenters. The highest BCUT2D eigenvalue weighted by Crippen LogP contribution is 2.34. The van der Waals surface area contributed by atoms with Crippen LogP contribution in [0.5, 0.6) is 0 Å². The molecule has 4 nitrogen and oxygen atoms in total. The van der Waals surface area contributed by atoms with Crippen molar-refractivity contribution in [1.29, 1.82) is 0 Å². The molecule has 25 heavy (non-hydrogen) atoms. The van der Waals surface area contributed by atoms with E-state index in [1.165, 1.54) is 12.1 Å². The fraction of sp³-hybridized carbons (Fsp3) is 0.176. The number of hydrogen-bond donors (Lipinski definition) is 2. The van der Waals surface area contributed by atoms with Crippen LogP contribution in [0.3, 0.4) is 0 Å². The normalized spacial score (nSPS) is 11.0. The minimum atomic E-state index is -4.60. The van der Waals surface area contributed by atoms with E-state index in [1.54, 1.807) is 24.3 Å². The summed E-state index contributed by atoms with van der Waals surface area (Å²) >= 11 is 5.94. The van der Waals surface area contributed by atoms with Crippen LogP contribution >= 0.6 is 11.6 Å². The van der Waals surface area contributed by atoms with Gasteiger partial charge in [-0.15, -0.1) is 0 Å². The van der Waals surface area contributed by atoms with Crippen molar-refractivity contribution in [1.82, 2.24) is 5.32 Å². The summed E-state index contributed by atoms with van der Waals surface area (Å²) in [7, 11) is 0. The topological polar surface area (TPSA) is 58.2 Å². The summed E-state index contributed by atoms with van der Waals surface area (Å²) in [6.07, 6.45) is -5.20. The first kappa shape index (κ1) is 18.8.